The molecule has 0 spiro atoms. The van der Waals surface area contributed by atoms with Crippen molar-refractivity contribution in [3.63, 3.8) is 0 Å². The number of thiophene rings is 1. The third-order valence-corrected chi connectivity index (χ3v) is 4.07. The first-order valence-electron chi connectivity index (χ1n) is 7.62. The smallest absolute Gasteiger partial charge is 0.246 e. The average molecular weight is 343 g/mol. The van der Waals surface area contributed by atoms with E-state index >= 15 is 0 Å². The molecule has 0 aliphatic carbocycles. The van der Waals surface area contributed by atoms with Gasteiger partial charge in [0.25, 0.3) is 0 Å². The third-order valence-electron chi connectivity index (χ3n) is 3.21. The number of nitrogens with one attached hydrogen (secondary N) is 1. The Morgan fingerprint density at radius 1 is 1.21 bits per heavy atom. The molecule has 0 radical (unpaired) electrons. The second kappa shape index (κ2) is 8.26. The Morgan fingerprint density at radius 3 is 2.88 bits per heavy atom. The Hall–Kier alpha value is -2.67. The first-order chi connectivity index (χ1) is 11.8. The molecule has 0 saturated carbocycles. The predicted octanol–water partition coefficient (Wildman–Crippen LogP) is 3.27. The molecule has 3 rings (SSSR count). The average Bonchev–Trinajstić information content (AvgIpc) is 3.29. The summed E-state index contributed by atoms with van der Waals surface area (Å²) in [5, 5.41) is 8.62. The molecular weight excluding hydrogens is 326 g/mol. The number of carbonyl (C=O) groups is 1. The van der Waals surface area contributed by atoms with E-state index in [1.165, 1.54) is 11.3 Å². The van der Waals surface area contributed by atoms with Crippen LogP contribution in [-0.4, -0.2) is 22.7 Å². The van der Waals surface area contributed by atoms with Gasteiger partial charge in [-0.05, 0) is 30.0 Å². The van der Waals surface area contributed by atoms with Gasteiger partial charge in [0.15, 0.2) is 0 Å². The predicted molar refractivity (Wildman–Crippen MR) is 90.6 cm³/mol. The molecule has 0 fully saturated rings. The molecule has 124 valence electrons. The van der Waals surface area contributed by atoms with Crippen molar-refractivity contribution in [2.75, 3.05) is 6.61 Å². The lowest BCUT2D eigenvalue weighted by Gasteiger charge is -2.05. The van der Waals surface area contributed by atoms with Gasteiger partial charge in [0.2, 0.25) is 17.6 Å². The van der Waals surface area contributed by atoms with Gasteiger partial charge in [0.05, 0.1) is 18.0 Å². The monoisotopic (exact) mass is 343 g/mol. The third kappa shape index (κ3) is 4.66. The molecule has 0 unspecified atom stereocenters. The summed E-state index contributed by atoms with van der Waals surface area (Å²) < 4.78 is 10.7. The van der Waals surface area contributed by atoms with Crippen LogP contribution in [0.2, 0.25) is 0 Å². The first-order valence-corrected chi connectivity index (χ1v) is 8.50. The topological polar surface area (TPSA) is 77.2 Å². The van der Waals surface area contributed by atoms with Crippen LogP contribution in [0.25, 0.3) is 10.7 Å². The molecular formula is C17H17N3O3S. The van der Waals surface area contributed by atoms with Gasteiger partial charge < -0.3 is 14.6 Å². The van der Waals surface area contributed by atoms with Crippen molar-refractivity contribution >= 4 is 17.2 Å². The summed E-state index contributed by atoms with van der Waals surface area (Å²) in [6.07, 6.45) is 1.03. The van der Waals surface area contributed by atoms with Crippen molar-refractivity contribution in [3.05, 3.63) is 53.7 Å². The normalized spacial score (nSPS) is 10.5. The summed E-state index contributed by atoms with van der Waals surface area (Å²) in [4.78, 5) is 17.0. The fraction of sp³-hybridized carbons (Fsp3) is 0.235. The van der Waals surface area contributed by atoms with E-state index < -0.39 is 0 Å². The van der Waals surface area contributed by atoms with Gasteiger partial charge >= 0.3 is 0 Å². The van der Waals surface area contributed by atoms with Crippen LogP contribution < -0.4 is 10.1 Å². The number of hydrogen-bond acceptors (Lipinski definition) is 6. The molecule has 24 heavy (non-hydrogen) atoms. The number of para-hydroxylation sites is 1. The van der Waals surface area contributed by atoms with E-state index in [4.69, 9.17) is 9.26 Å². The summed E-state index contributed by atoms with van der Waals surface area (Å²) in [6.45, 7) is 0.733. The van der Waals surface area contributed by atoms with Crippen LogP contribution in [0.15, 0.2) is 52.4 Å². The number of nitrogens with zero attached hydrogens (tertiary/aromatic N) is 2. The van der Waals surface area contributed by atoms with Gasteiger partial charge in [0, 0.05) is 6.42 Å². The van der Waals surface area contributed by atoms with E-state index in [0.717, 1.165) is 10.6 Å². The van der Waals surface area contributed by atoms with E-state index in [1.54, 1.807) is 0 Å². The van der Waals surface area contributed by atoms with Crippen LogP contribution in [0.1, 0.15) is 18.7 Å². The first kappa shape index (κ1) is 16.2. The summed E-state index contributed by atoms with van der Waals surface area (Å²) in [6, 6.07) is 13.4. The number of hydrogen-bond donors (Lipinski definition) is 1. The highest BCUT2D eigenvalue weighted by Crippen LogP contribution is 2.21. The van der Waals surface area contributed by atoms with Crippen LogP contribution in [-0.2, 0) is 11.3 Å². The quantitative estimate of drug-likeness (QED) is 0.635. The maximum atomic E-state index is 11.8. The summed E-state index contributed by atoms with van der Waals surface area (Å²) in [7, 11) is 0. The van der Waals surface area contributed by atoms with E-state index in [1.807, 2.05) is 47.8 Å². The van der Waals surface area contributed by atoms with Crippen LogP contribution in [0, 0.1) is 0 Å². The Kier molecular flexibility index (Phi) is 5.57. The summed E-state index contributed by atoms with van der Waals surface area (Å²) >= 11 is 1.54. The SMILES string of the molecule is O=C(CCCOc1ccccc1)NCc1nc(-c2cccs2)no1. The van der Waals surface area contributed by atoms with Gasteiger partial charge in [-0.2, -0.15) is 4.98 Å². The summed E-state index contributed by atoms with van der Waals surface area (Å²) in [5.41, 5.74) is 0. The molecule has 3 aromatic rings. The van der Waals surface area contributed by atoms with Crippen LogP contribution in [0.5, 0.6) is 5.75 Å². The molecule has 2 heterocycles. The maximum Gasteiger partial charge on any atom is 0.246 e. The van der Waals surface area contributed by atoms with Gasteiger partial charge in [-0.25, -0.2) is 0 Å². The Balaban J connectivity index is 1.35. The van der Waals surface area contributed by atoms with Crippen molar-refractivity contribution in [2.24, 2.45) is 0 Å². The minimum atomic E-state index is -0.0671. The molecule has 0 atom stereocenters. The fourth-order valence-corrected chi connectivity index (χ4v) is 2.68. The number of aromatic nitrogens is 2. The molecule has 1 N–H and O–H groups in total. The van der Waals surface area contributed by atoms with Crippen molar-refractivity contribution in [1.29, 1.82) is 0 Å². The molecule has 0 saturated heterocycles. The Labute approximate surface area is 143 Å². The van der Waals surface area contributed by atoms with Crippen LogP contribution in [0.3, 0.4) is 0 Å². The second-order valence-electron chi connectivity index (χ2n) is 5.03. The lowest BCUT2D eigenvalue weighted by molar-refractivity contribution is -0.121. The molecule has 6 nitrogen and oxygen atoms in total. The molecule has 0 aliphatic rings. The molecule has 0 bridgehead atoms. The summed E-state index contributed by atoms with van der Waals surface area (Å²) in [5.74, 6) is 1.69. The van der Waals surface area contributed by atoms with Crippen molar-refractivity contribution in [3.8, 4) is 16.5 Å². The minimum Gasteiger partial charge on any atom is -0.494 e. The zero-order valence-corrected chi connectivity index (χ0v) is 13.8. The number of benzene rings is 1. The van der Waals surface area contributed by atoms with Gasteiger partial charge in [-0.15, -0.1) is 11.3 Å². The Morgan fingerprint density at radius 2 is 2.08 bits per heavy atom. The van der Waals surface area contributed by atoms with Crippen molar-refractivity contribution in [1.82, 2.24) is 15.5 Å². The van der Waals surface area contributed by atoms with Gasteiger partial charge in [-0.1, -0.05) is 29.4 Å². The maximum absolute atomic E-state index is 11.8. The number of ether oxygens (including phenoxy) is 1. The van der Waals surface area contributed by atoms with Crippen molar-refractivity contribution in [2.45, 2.75) is 19.4 Å². The highest BCUT2D eigenvalue weighted by Gasteiger charge is 2.10. The second-order valence-corrected chi connectivity index (χ2v) is 5.98. The highest BCUT2D eigenvalue weighted by molar-refractivity contribution is 7.13. The van der Waals surface area contributed by atoms with E-state index in [2.05, 4.69) is 15.5 Å². The number of carbonyl (C=O) groups excluding carboxylic acids is 1. The van der Waals surface area contributed by atoms with E-state index in [-0.39, 0.29) is 12.5 Å². The molecule has 1 aromatic carbocycles. The lowest BCUT2D eigenvalue weighted by atomic mass is 10.3. The number of amides is 1. The number of rotatable bonds is 8. The lowest BCUT2D eigenvalue weighted by Crippen LogP contribution is -2.23. The zero-order chi connectivity index (χ0) is 16.6. The molecule has 0 aliphatic heterocycles. The van der Waals surface area contributed by atoms with Crippen LogP contribution >= 0.6 is 11.3 Å². The van der Waals surface area contributed by atoms with E-state index in [9.17, 15) is 4.79 Å². The van der Waals surface area contributed by atoms with Crippen LogP contribution in [0.4, 0.5) is 0 Å². The van der Waals surface area contributed by atoms with Gasteiger partial charge in [-0.3, -0.25) is 4.79 Å². The van der Waals surface area contributed by atoms with E-state index in [0.29, 0.717) is 31.2 Å². The standard InChI is InChI=1S/C17H17N3O3S/c21-15(9-4-10-22-13-6-2-1-3-7-13)18-12-16-19-17(20-23-16)14-8-5-11-24-14/h1-3,5-8,11H,4,9-10,12H2,(H,18,21). The van der Waals surface area contributed by atoms with Crippen molar-refractivity contribution < 1.29 is 14.1 Å². The molecule has 7 heteroatoms. The zero-order valence-electron chi connectivity index (χ0n) is 13.0. The minimum absolute atomic E-state index is 0.0671. The molecule has 2 aromatic heterocycles. The molecule has 1 amide bonds. The Bertz CT molecular complexity index is 757. The fourth-order valence-electron chi connectivity index (χ4n) is 2.03. The van der Waals surface area contributed by atoms with Gasteiger partial charge in [0.1, 0.15) is 5.75 Å². The highest BCUT2D eigenvalue weighted by atomic mass is 32.1. The largest absolute Gasteiger partial charge is 0.494 e.